The van der Waals surface area contributed by atoms with E-state index in [4.69, 9.17) is 20.6 Å². The summed E-state index contributed by atoms with van der Waals surface area (Å²) in [5, 5.41) is 21.3. The molecule has 0 saturated carbocycles. The van der Waals surface area contributed by atoms with Crippen LogP contribution in [0.3, 0.4) is 0 Å². The van der Waals surface area contributed by atoms with Crippen molar-refractivity contribution in [3.05, 3.63) is 12.7 Å². The molecule has 164 valence electrons. The van der Waals surface area contributed by atoms with Gasteiger partial charge < -0.3 is 24.6 Å². The van der Waals surface area contributed by atoms with E-state index in [1.165, 1.54) is 6.33 Å². The minimum Gasteiger partial charge on any atom is -0.394 e. The molecule has 4 atom stereocenters. The molecule has 2 unspecified atom stereocenters. The van der Waals surface area contributed by atoms with Gasteiger partial charge in [0.1, 0.15) is 24.6 Å². The number of nitrogens with zero attached hydrogens (tertiary/aromatic N) is 6. The first kappa shape index (κ1) is 20.3. The Morgan fingerprint density at radius 1 is 1.19 bits per heavy atom. The van der Waals surface area contributed by atoms with E-state index in [9.17, 15) is 5.11 Å². The number of aliphatic hydroxyl groups excluding tert-OH is 1. The van der Waals surface area contributed by atoms with Gasteiger partial charge in [-0.2, -0.15) is 10.2 Å². The van der Waals surface area contributed by atoms with E-state index >= 15 is 0 Å². The zero-order chi connectivity index (χ0) is 21.6. The largest absolute Gasteiger partial charge is 0.394 e. The van der Waals surface area contributed by atoms with Gasteiger partial charge in [-0.25, -0.2) is 15.0 Å². The van der Waals surface area contributed by atoms with Crippen LogP contribution in [0.5, 0.6) is 0 Å². The van der Waals surface area contributed by atoms with Crippen molar-refractivity contribution in [3.8, 4) is 12.3 Å². The molecular formula is C20H25N7O4. The molecule has 0 bridgehead atoms. The minimum atomic E-state index is -0.753. The Bertz CT molecular complexity index is 1040. The Hall–Kier alpha value is -2.65. The van der Waals surface area contributed by atoms with Gasteiger partial charge in [0.05, 0.1) is 12.9 Å². The van der Waals surface area contributed by atoms with Crippen LogP contribution < -0.4 is 5.32 Å². The number of aliphatic hydroxyl groups is 1. The summed E-state index contributed by atoms with van der Waals surface area (Å²) in [4.78, 5) is 13.3. The van der Waals surface area contributed by atoms with Gasteiger partial charge in [-0.1, -0.05) is 0 Å². The van der Waals surface area contributed by atoms with Crippen molar-refractivity contribution in [1.29, 1.82) is 0 Å². The molecule has 5 heterocycles. The third-order valence-corrected chi connectivity index (χ3v) is 5.81. The number of aromatic nitrogens is 4. The fraction of sp³-hybridized carbons (Fsp3) is 0.650. The zero-order valence-corrected chi connectivity index (χ0v) is 17.4. The van der Waals surface area contributed by atoms with Crippen molar-refractivity contribution in [2.45, 2.75) is 69.1 Å². The first-order valence-corrected chi connectivity index (χ1v) is 10.4. The SMILES string of the molecule is C#CCCC1(CCNc2ncnc3c2ncn3[C@H]2O[C@@H](CO)C3OC(C)(C)OC32)N=N1. The Balaban J connectivity index is 1.33. The average Bonchev–Trinajstić information content (AvgIpc) is 3.08. The quantitative estimate of drug-likeness (QED) is 0.608. The lowest BCUT2D eigenvalue weighted by atomic mass is 10.0. The van der Waals surface area contributed by atoms with Gasteiger partial charge in [-0.3, -0.25) is 4.57 Å². The molecule has 0 aromatic carbocycles. The van der Waals surface area contributed by atoms with E-state index in [0.717, 1.165) is 12.8 Å². The number of ether oxygens (including phenoxy) is 3. The molecule has 2 fully saturated rings. The number of fused-ring (bicyclic) bond motifs is 2. The molecule has 2 aromatic rings. The Labute approximate surface area is 179 Å². The number of imidazole rings is 1. The second-order valence-corrected chi connectivity index (χ2v) is 8.42. The summed E-state index contributed by atoms with van der Waals surface area (Å²) in [6.45, 7) is 4.16. The molecule has 0 radical (unpaired) electrons. The molecular weight excluding hydrogens is 402 g/mol. The number of anilines is 1. The number of nitrogens with one attached hydrogen (secondary N) is 1. The van der Waals surface area contributed by atoms with Gasteiger partial charge in [-0.15, -0.1) is 12.3 Å². The highest BCUT2D eigenvalue weighted by Gasteiger charge is 2.56. The van der Waals surface area contributed by atoms with Crippen molar-refractivity contribution in [2.24, 2.45) is 10.2 Å². The summed E-state index contributed by atoms with van der Waals surface area (Å²) in [5.74, 6) is 2.50. The van der Waals surface area contributed by atoms with Gasteiger partial charge in [0.25, 0.3) is 0 Å². The van der Waals surface area contributed by atoms with Crippen LogP contribution >= 0.6 is 0 Å². The maximum Gasteiger partial charge on any atom is 0.193 e. The lowest BCUT2D eigenvalue weighted by molar-refractivity contribution is -0.199. The first-order valence-electron chi connectivity index (χ1n) is 10.4. The van der Waals surface area contributed by atoms with Crippen LogP contribution in [0, 0.1) is 12.3 Å². The van der Waals surface area contributed by atoms with E-state index in [0.29, 0.717) is 29.9 Å². The van der Waals surface area contributed by atoms with Crippen molar-refractivity contribution >= 4 is 17.0 Å². The highest BCUT2D eigenvalue weighted by atomic mass is 16.8. The lowest BCUT2D eigenvalue weighted by Crippen LogP contribution is -2.31. The molecule has 2 aromatic heterocycles. The Morgan fingerprint density at radius 3 is 2.74 bits per heavy atom. The summed E-state index contributed by atoms with van der Waals surface area (Å²) in [6.07, 6.45) is 8.86. The smallest absolute Gasteiger partial charge is 0.193 e. The van der Waals surface area contributed by atoms with Crippen LogP contribution in [-0.4, -0.2) is 67.5 Å². The van der Waals surface area contributed by atoms with Crippen molar-refractivity contribution < 1.29 is 19.3 Å². The monoisotopic (exact) mass is 427 g/mol. The molecule has 0 amide bonds. The van der Waals surface area contributed by atoms with Crippen LogP contribution in [0.2, 0.25) is 0 Å². The highest BCUT2D eigenvalue weighted by Crippen LogP contribution is 2.43. The fourth-order valence-corrected chi connectivity index (χ4v) is 4.25. The summed E-state index contributed by atoms with van der Waals surface area (Å²) in [5.41, 5.74) is 0.871. The molecule has 11 nitrogen and oxygen atoms in total. The van der Waals surface area contributed by atoms with Crippen molar-refractivity contribution in [2.75, 3.05) is 18.5 Å². The van der Waals surface area contributed by atoms with Gasteiger partial charge >= 0.3 is 0 Å². The molecule has 11 heteroatoms. The fourth-order valence-electron chi connectivity index (χ4n) is 4.25. The van der Waals surface area contributed by atoms with E-state index in [2.05, 4.69) is 36.4 Å². The number of rotatable bonds is 8. The van der Waals surface area contributed by atoms with Crippen molar-refractivity contribution in [3.63, 3.8) is 0 Å². The molecule has 31 heavy (non-hydrogen) atoms. The lowest BCUT2D eigenvalue weighted by Gasteiger charge is -2.24. The van der Waals surface area contributed by atoms with E-state index in [1.807, 2.05) is 13.8 Å². The predicted molar refractivity (Wildman–Crippen MR) is 109 cm³/mol. The van der Waals surface area contributed by atoms with E-state index in [-0.39, 0.29) is 24.5 Å². The van der Waals surface area contributed by atoms with Crippen molar-refractivity contribution in [1.82, 2.24) is 19.5 Å². The third-order valence-electron chi connectivity index (χ3n) is 5.81. The summed E-state index contributed by atoms with van der Waals surface area (Å²) in [6, 6.07) is 0. The van der Waals surface area contributed by atoms with Crippen LogP contribution in [0.1, 0.15) is 39.3 Å². The zero-order valence-electron chi connectivity index (χ0n) is 17.4. The third kappa shape index (κ3) is 3.65. The van der Waals surface area contributed by atoms with E-state index < -0.39 is 18.1 Å². The van der Waals surface area contributed by atoms with Gasteiger partial charge in [0.15, 0.2) is 34.7 Å². The highest BCUT2D eigenvalue weighted by molar-refractivity contribution is 5.82. The van der Waals surface area contributed by atoms with Crippen LogP contribution in [0.15, 0.2) is 22.9 Å². The van der Waals surface area contributed by atoms with E-state index in [1.54, 1.807) is 10.9 Å². The summed E-state index contributed by atoms with van der Waals surface area (Å²) in [7, 11) is 0. The molecule has 0 aliphatic carbocycles. The van der Waals surface area contributed by atoms with Gasteiger partial charge in [0.2, 0.25) is 0 Å². The molecule has 3 aliphatic heterocycles. The minimum absolute atomic E-state index is 0.164. The normalized spacial score (nSPS) is 29.7. The average molecular weight is 427 g/mol. The van der Waals surface area contributed by atoms with Crippen LogP contribution in [-0.2, 0) is 14.2 Å². The maximum absolute atomic E-state index is 9.73. The molecule has 2 saturated heterocycles. The predicted octanol–water partition coefficient (Wildman–Crippen LogP) is 1.61. The summed E-state index contributed by atoms with van der Waals surface area (Å²) < 4.78 is 19.8. The molecule has 0 spiro atoms. The Kier molecular flexibility index (Phi) is 4.90. The first-order chi connectivity index (χ1) is 15.0. The molecule has 5 rings (SSSR count). The molecule has 3 aliphatic rings. The number of terminal acetylenes is 1. The van der Waals surface area contributed by atoms with Crippen LogP contribution in [0.25, 0.3) is 11.2 Å². The number of hydrogen-bond acceptors (Lipinski definition) is 10. The standard InChI is InChI=1S/C20H25N7O4/c1-4-5-6-20(25-26-20)7-8-21-16-13-17(23-10-22-16)27(11-24-13)18-15-14(12(9-28)29-18)30-19(2,3)31-15/h1,10-12,14-15,18,28H,5-9H2,2-3H3,(H,21,22,23)/t12-,14?,15?,18-/m0/s1. The summed E-state index contributed by atoms with van der Waals surface area (Å²) >= 11 is 0. The van der Waals surface area contributed by atoms with Gasteiger partial charge in [-0.05, 0) is 13.8 Å². The van der Waals surface area contributed by atoms with Gasteiger partial charge in [0, 0.05) is 25.8 Å². The Morgan fingerprint density at radius 2 is 2.00 bits per heavy atom. The maximum atomic E-state index is 9.73. The second-order valence-electron chi connectivity index (χ2n) is 8.42. The topological polar surface area (TPSA) is 128 Å². The van der Waals surface area contributed by atoms with Crippen LogP contribution in [0.4, 0.5) is 5.82 Å². The second kappa shape index (κ2) is 7.49. The molecule has 2 N–H and O–H groups in total. The number of hydrogen-bond donors (Lipinski definition) is 2.